The fourth-order valence-corrected chi connectivity index (χ4v) is 7.93. The Morgan fingerprint density at radius 1 is 0.980 bits per heavy atom. The molecule has 4 aromatic rings. The molecule has 0 aliphatic heterocycles. The van der Waals surface area contributed by atoms with Crippen molar-refractivity contribution in [2.45, 2.75) is 128 Å². The van der Waals surface area contributed by atoms with Crippen LogP contribution in [0.15, 0.2) is 48.7 Å². The van der Waals surface area contributed by atoms with Crippen molar-refractivity contribution in [2.24, 2.45) is 0 Å². The highest BCUT2D eigenvalue weighted by molar-refractivity contribution is 6.74. The summed E-state index contributed by atoms with van der Waals surface area (Å²) >= 11 is 0. The number of rotatable bonds is 8. The molecule has 11 heteroatoms. The van der Waals surface area contributed by atoms with Crippen LogP contribution in [0.2, 0.25) is 18.1 Å². The first-order valence-electron chi connectivity index (χ1n) is 17.8. The number of benzene rings is 1. The fraction of sp³-hybridized carbons (Fsp3) is 0.513. The number of nitriles is 1. The Kier molecular flexibility index (Phi) is 9.67. The minimum Gasteiger partial charge on any atom is -0.443 e. The zero-order chi connectivity index (χ0) is 36.0. The molecule has 2 saturated carbocycles. The van der Waals surface area contributed by atoms with Crippen molar-refractivity contribution in [1.29, 1.82) is 5.26 Å². The number of carbonyl (C=O) groups is 1. The average Bonchev–Trinajstić information content (AvgIpc) is 3.84. The minimum atomic E-state index is -1.87. The Bertz CT molecular complexity index is 1920. The van der Waals surface area contributed by atoms with Crippen LogP contribution in [0.25, 0.3) is 22.3 Å². The van der Waals surface area contributed by atoms with Crippen LogP contribution in [0.1, 0.15) is 109 Å². The number of hydrogen-bond acceptors (Lipinski definition) is 8. The third-order valence-corrected chi connectivity index (χ3v) is 14.8. The van der Waals surface area contributed by atoms with Gasteiger partial charge in [-0.2, -0.15) is 5.26 Å². The number of aliphatic hydroxyl groups excluding tert-OH is 1. The van der Waals surface area contributed by atoms with Gasteiger partial charge in [-0.3, -0.25) is 0 Å². The molecule has 0 spiro atoms. The Hall–Kier alpha value is -4.11. The van der Waals surface area contributed by atoms with E-state index in [1.54, 1.807) is 12.1 Å². The van der Waals surface area contributed by atoms with E-state index in [4.69, 9.17) is 19.1 Å². The van der Waals surface area contributed by atoms with Crippen molar-refractivity contribution < 1.29 is 19.1 Å². The monoisotopic (exact) mass is 694 g/mol. The number of ether oxygens (including phenoxy) is 1. The highest BCUT2D eigenvalue weighted by Crippen LogP contribution is 2.44. The second-order valence-corrected chi connectivity index (χ2v) is 21.1. The number of hydrogen-bond donors (Lipinski definition) is 1. The highest BCUT2D eigenvalue weighted by Gasteiger charge is 2.40. The largest absolute Gasteiger partial charge is 0.443 e. The average molecular weight is 695 g/mol. The van der Waals surface area contributed by atoms with E-state index in [-0.39, 0.29) is 29.6 Å². The van der Waals surface area contributed by atoms with Gasteiger partial charge in [0.15, 0.2) is 8.32 Å². The summed E-state index contributed by atoms with van der Waals surface area (Å²) in [5, 5.41) is 20.2. The maximum atomic E-state index is 13.8. The first kappa shape index (κ1) is 35.7. The van der Waals surface area contributed by atoms with Gasteiger partial charge in [-0.25, -0.2) is 24.6 Å². The van der Waals surface area contributed by atoms with Gasteiger partial charge in [0.25, 0.3) is 0 Å². The van der Waals surface area contributed by atoms with Gasteiger partial charge < -0.3 is 18.8 Å². The van der Waals surface area contributed by atoms with Crippen molar-refractivity contribution in [3.05, 3.63) is 65.6 Å². The van der Waals surface area contributed by atoms with Gasteiger partial charge in [-0.05, 0) is 125 Å². The smallest absolute Gasteiger partial charge is 0.421 e. The molecule has 6 rings (SSSR count). The lowest BCUT2D eigenvalue weighted by molar-refractivity contribution is 0.0597. The normalized spacial score (nSPS) is 18.6. The third-order valence-electron chi connectivity index (χ3n) is 10.3. The van der Waals surface area contributed by atoms with E-state index in [2.05, 4.69) is 61.6 Å². The first-order valence-corrected chi connectivity index (χ1v) is 20.7. The number of pyridine rings is 2. The summed E-state index contributed by atoms with van der Waals surface area (Å²) in [5.41, 5.74) is 4.06. The molecule has 1 aromatic carbocycles. The second-order valence-electron chi connectivity index (χ2n) is 16.3. The van der Waals surface area contributed by atoms with Gasteiger partial charge in [0.1, 0.15) is 29.7 Å². The lowest BCUT2D eigenvalue weighted by Crippen LogP contribution is -2.44. The van der Waals surface area contributed by atoms with Crippen LogP contribution in [0.3, 0.4) is 0 Å². The Balaban J connectivity index is 1.38. The van der Waals surface area contributed by atoms with Gasteiger partial charge in [0.2, 0.25) is 0 Å². The van der Waals surface area contributed by atoms with Crippen LogP contribution in [-0.4, -0.2) is 50.7 Å². The van der Waals surface area contributed by atoms with Crippen LogP contribution in [-0.2, 0) is 15.8 Å². The van der Waals surface area contributed by atoms with Crippen LogP contribution in [0.5, 0.6) is 0 Å². The minimum absolute atomic E-state index is 0.149. The number of aliphatic hydroxyl groups is 1. The molecule has 50 heavy (non-hydrogen) atoms. The van der Waals surface area contributed by atoms with Crippen LogP contribution >= 0.6 is 0 Å². The van der Waals surface area contributed by atoms with Gasteiger partial charge in [-0.1, -0.05) is 26.8 Å². The molecule has 2 fully saturated rings. The van der Waals surface area contributed by atoms with E-state index in [1.807, 2.05) is 39.0 Å². The molecule has 2 aliphatic rings. The first-order chi connectivity index (χ1) is 23.6. The van der Waals surface area contributed by atoms with Crippen LogP contribution < -0.4 is 4.90 Å². The maximum absolute atomic E-state index is 13.8. The van der Waals surface area contributed by atoms with Gasteiger partial charge in [-0.15, -0.1) is 0 Å². The number of anilines is 2. The Morgan fingerprint density at radius 3 is 2.32 bits per heavy atom. The summed E-state index contributed by atoms with van der Waals surface area (Å²) in [6.45, 7) is 16.8. The number of fused-ring (bicyclic) bond motifs is 1. The van der Waals surface area contributed by atoms with Crippen LogP contribution in [0, 0.1) is 11.3 Å². The topological polar surface area (TPSA) is 126 Å². The molecular formula is C39H50N6O4Si. The standard InChI is InChI=1S/C39H50N6O4Si/c1-38(2,3)48-37(47)45(34-19-25(23-40)17-18-41-34)35-22-28(26-9-10-26)20-32(43-35)27-11-16-31-33(21-27)44(36(24-46)42-31)29-12-14-30(15-13-29)49-50(7,8)39(4,5)6/h11,16-22,26,29-30,46H,9-10,12-15,24H2,1-8H3. The maximum Gasteiger partial charge on any atom is 0.421 e. The summed E-state index contributed by atoms with van der Waals surface area (Å²) < 4.78 is 14.8. The number of carbonyl (C=O) groups excluding carboxylic acids is 1. The van der Waals surface area contributed by atoms with Crippen molar-refractivity contribution >= 4 is 37.1 Å². The zero-order valence-electron chi connectivity index (χ0n) is 30.7. The van der Waals surface area contributed by atoms with Gasteiger partial charge in [0, 0.05) is 23.9 Å². The van der Waals surface area contributed by atoms with E-state index in [1.165, 1.54) is 11.1 Å². The summed E-state index contributed by atoms with van der Waals surface area (Å²) in [6.07, 6.45) is 7.09. The lowest BCUT2D eigenvalue weighted by atomic mass is 9.92. The molecule has 0 unspecified atom stereocenters. The zero-order valence-corrected chi connectivity index (χ0v) is 31.7. The third kappa shape index (κ3) is 7.63. The predicted octanol–water partition coefficient (Wildman–Crippen LogP) is 9.31. The molecule has 264 valence electrons. The summed E-state index contributed by atoms with van der Waals surface area (Å²) in [4.78, 5) is 29.5. The Labute approximate surface area is 296 Å². The molecular weight excluding hydrogens is 645 g/mol. The molecule has 3 heterocycles. The van der Waals surface area contributed by atoms with E-state index >= 15 is 0 Å². The molecule has 2 aliphatic carbocycles. The quantitative estimate of drug-likeness (QED) is 0.181. The molecule has 0 radical (unpaired) electrons. The molecule has 0 bridgehead atoms. The van der Waals surface area contributed by atoms with E-state index < -0.39 is 20.0 Å². The molecule has 1 amide bonds. The lowest BCUT2D eigenvalue weighted by Gasteiger charge is -2.41. The number of amides is 1. The molecule has 3 aromatic heterocycles. The number of aromatic nitrogens is 4. The van der Waals surface area contributed by atoms with E-state index in [0.717, 1.165) is 60.7 Å². The molecule has 0 atom stereocenters. The molecule has 0 saturated heterocycles. The van der Waals surface area contributed by atoms with Gasteiger partial charge in [0.05, 0.1) is 28.4 Å². The van der Waals surface area contributed by atoms with E-state index in [9.17, 15) is 15.2 Å². The predicted molar refractivity (Wildman–Crippen MR) is 198 cm³/mol. The number of imidazole rings is 1. The highest BCUT2D eigenvalue weighted by atomic mass is 28.4. The van der Waals surface area contributed by atoms with Crippen molar-refractivity contribution in [3.63, 3.8) is 0 Å². The fourth-order valence-electron chi connectivity index (χ4n) is 6.51. The SMILES string of the molecule is CC(C)(C)OC(=O)N(c1cc(C#N)ccn1)c1cc(C2CC2)cc(-c2ccc3nc(CO)n(C4CCC(O[Si](C)(C)C(C)(C)C)CC4)c3c2)n1. The summed E-state index contributed by atoms with van der Waals surface area (Å²) in [5.74, 6) is 1.67. The van der Waals surface area contributed by atoms with Crippen molar-refractivity contribution in [1.82, 2.24) is 19.5 Å². The van der Waals surface area contributed by atoms with E-state index in [0.29, 0.717) is 28.8 Å². The van der Waals surface area contributed by atoms with Crippen molar-refractivity contribution in [3.8, 4) is 17.3 Å². The summed E-state index contributed by atoms with van der Waals surface area (Å²) in [6, 6.07) is 15.6. The number of nitrogens with zero attached hydrogens (tertiary/aromatic N) is 6. The Morgan fingerprint density at radius 2 is 1.70 bits per heavy atom. The van der Waals surface area contributed by atoms with Crippen LogP contribution in [0.4, 0.5) is 16.4 Å². The second kappa shape index (κ2) is 13.5. The molecule has 1 N–H and O–H groups in total. The van der Waals surface area contributed by atoms with Crippen molar-refractivity contribution in [2.75, 3.05) is 4.90 Å². The molecule has 10 nitrogen and oxygen atoms in total. The van der Waals surface area contributed by atoms with Gasteiger partial charge >= 0.3 is 6.09 Å². The summed E-state index contributed by atoms with van der Waals surface area (Å²) in [7, 11) is -1.87.